The van der Waals surface area contributed by atoms with Crippen LogP contribution in [-0.2, 0) is 16.0 Å². The van der Waals surface area contributed by atoms with Gasteiger partial charge >= 0.3 is 0 Å². The van der Waals surface area contributed by atoms with Gasteiger partial charge in [-0.2, -0.15) is 0 Å². The van der Waals surface area contributed by atoms with Crippen LogP contribution in [0.3, 0.4) is 0 Å². The molecule has 148 valence electrons. The Balaban J connectivity index is 0.00000625. The van der Waals surface area contributed by atoms with Crippen LogP contribution in [0.15, 0.2) is 29.3 Å². The highest BCUT2D eigenvalue weighted by atomic mass is 127. The van der Waals surface area contributed by atoms with Crippen LogP contribution < -0.4 is 10.6 Å². The zero-order chi connectivity index (χ0) is 18.5. The number of nitrogens with zero attached hydrogens (tertiary/aromatic N) is 2. The Morgan fingerprint density at radius 2 is 2.00 bits per heavy atom. The summed E-state index contributed by atoms with van der Waals surface area (Å²) in [5, 5.41) is 6.36. The molecule has 0 spiro atoms. The number of carbonyl (C=O) groups is 1. The highest BCUT2D eigenvalue weighted by Gasteiger charge is 2.04. The highest BCUT2D eigenvalue weighted by Crippen LogP contribution is 2.03. The maximum atomic E-state index is 13.2. The first-order valence-electron chi connectivity index (χ1n) is 8.57. The van der Waals surface area contributed by atoms with E-state index in [0.717, 1.165) is 12.0 Å². The molecule has 0 saturated carbocycles. The second kappa shape index (κ2) is 14.7. The van der Waals surface area contributed by atoms with Crippen molar-refractivity contribution in [1.82, 2.24) is 15.5 Å². The first kappa shape index (κ1) is 24.6. The van der Waals surface area contributed by atoms with Gasteiger partial charge in [0, 0.05) is 40.4 Å². The summed E-state index contributed by atoms with van der Waals surface area (Å²) in [7, 11) is 3.40. The summed E-state index contributed by atoms with van der Waals surface area (Å²) in [6.45, 7) is 4.70. The van der Waals surface area contributed by atoms with Gasteiger partial charge < -0.3 is 20.3 Å². The van der Waals surface area contributed by atoms with Gasteiger partial charge in [0.15, 0.2) is 5.96 Å². The molecule has 0 aromatic heterocycles. The number of halogens is 2. The lowest BCUT2D eigenvalue weighted by Crippen LogP contribution is -2.40. The molecule has 0 heterocycles. The van der Waals surface area contributed by atoms with Crippen molar-refractivity contribution in [3.8, 4) is 0 Å². The molecule has 0 fully saturated rings. The van der Waals surface area contributed by atoms with Crippen molar-refractivity contribution in [2.24, 2.45) is 4.99 Å². The molecular formula is C18H30FIN4O2. The monoisotopic (exact) mass is 480 g/mol. The lowest BCUT2D eigenvalue weighted by Gasteiger charge is -2.14. The van der Waals surface area contributed by atoms with Crippen molar-refractivity contribution in [3.05, 3.63) is 35.6 Å². The van der Waals surface area contributed by atoms with E-state index in [-0.39, 0.29) is 42.2 Å². The van der Waals surface area contributed by atoms with Crippen LogP contribution in [0.25, 0.3) is 0 Å². The Labute approximate surface area is 172 Å². The first-order chi connectivity index (χ1) is 12.0. The molecular weight excluding hydrogens is 450 g/mol. The molecule has 1 amide bonds. The van der Waals surface area contributed by atoms with E-state index in [0.29, 0.717) is 38.7 Å². The average Bonchev–Trinajstić information content (AvgIpc) is 2.58. The van der Waals surface area contributed by atoms with Crippen LogP contribution in [0.2, 0.25) is 0 Å². The fraction of sp³-hybridized carbons (Fsp3) is 0.556. The second-order valence-corrected chi connectivity index (χ2v) is 5.74. The van der Waals surface area contributed by atoms with Crippen LogP contribution in [0, 0.1) is 5.82 Å². The Morgan fingerprint density at radius 1 is 1.27 bits per heavy atom. The van der Waals surface area contributed by atoms with Crippen LogP contribution in [0.4, 0.5) is 4.39 Å². The summed E-state index contributed by atoms with van der Waals surface area (Å²) in [4.78, 5) is 17.5. The molecule has 26 heavy (non-hydrogen) atoms. The van der Waals surface area contributed by atoms with Crippen molar-refractivity contribution >= 4 is 35.8 Å². The SMILES string of the molecule is CCOCCCNC(=NCC(=O)N(C)C)NCCc1cccc(F)c1.I. The van der Waals surface area contributed by atoms with Gasteiger partial charge in [-0.15, -0.1) is 24.0 Å². The minimum Gasteiger partial charge on any atom is -0.382 e. The predicted molar refractivity (Wildman–Crippen MR) is 114 cm³/mol. The van der Waals surface area contributed by atoms with Gasteiger partial charge in [0.25, 0.3) is 0 Å². The minimum absolute atomic E-state index is 0. The number of hydrogen-bond acceptors (Lipinski definition) is 3. The van der Waals surface area contributed by atoms with E-state index in [1.54, 1.807) is 20.2 Å². The number of aliphatic imine (C=N–C) groups is 1. The zero-order valence-corrected chi connectivity index (χ0v) is 18.1. The maximum Gasteiger partial charge on any atom is 0.243 e. The second-order valence-electron chi connectivity index (χ2n) is 5.74. The third-order valence-corrected chi connectivity index (χ3v) is 3.43. The molecule has 1 aromatic rings. The molecule has 0 aliphatic heterocycles. The van der Waals surface area contributed by atoms with Gasteiger partial charge in [0.1, 0.15) is 12.4 Å². The molecule has 0 bridgehead atoms. The molecule has 8 heteroatoms. The van der Waals surface area contributed by atoms with Crippen molar-refractivity contribution in [2.75, 3.05) is 46.9 Å². The Bertz CT molecular complexity index is 556. The van der Waals surface area contributed by atoms with Crippen LogP contribution in [-0.4, -0.2) is 63.7 Å². The van der Waals surface area contributed by atoms with Gasteiger partial charge in [-0.05, 0) is 37.5 Å². The number of hydrogen-bond donors (Lipinski definition) is 2. The summed E-state index contributed by atoms with van der Waals surface area (Å²) in [5.41, 5.74) is 0.910. The lowest BCUT2D eigenvalue weighted by molar-refractivity contribution is -0.127. The molecule has 0 aliphatic rings. The third kappa shape index (κ3) is 11.2. The van der Waals surface area contributed by atoms with E-state index < -0.39 is 0 Å². The number of amides is 1. The minimum atomic E-state index is -0.239. The number of carbonyl (C=O) groups excluding carboxylic acids is 1. The van der Waals surface area contributed by atoms with E-state index >= 15 is 0 Å². The molecule has 2 N–H and O–H groups in total. The summed E-state index contributed by atoms with van der Waals surface area (Å²) in [6, 6.07) is 6.52. The average molecular weight is 480 g/mol. The molecule has 6 nitrogen and oxygen atoms in total. The molecule has 1 rings (SSSR count). The maximum absolute atomic E-state index is 13.2. The normalized spacial score (nSPS) is 10.8. The summed E-state index contributed by atoms with van der Waals surface area (Å²) in [6.07, 6.45) is 1.51. The topological polar surface area (TPSA) is 66.0 Å². The number of likely N-dealkylation sites (N-methyl/N-ethyl adjacent to an activating group) is 1. The van der Waals surface area contributed by atoms with Crippen molar-refractivity contribution in [2.45, 2.75) is 19.8 Å². The van der Waals surface area contributed by atoms with E-state index in [1.807, 2.05) is 13.0 Å². The Hall–Kier alpha value is -1.42. The summed E-state index contributed by atoms with van der Waals surface area (Å²) >= 11 is 0. The molecule has 0 unspecified atom stereocenters. The quantitative estimate of drug-likeness (QED) is 0.233. The number of ether oxygens (including phenoxy) is 1. The summed E-state index contributed by atoms with van der Waals surface area (Å²) < 4.78 is 18.5. The van der Waals surface area contributed by atoms with E-state index in [2.05, 4.69) is 15.6 Å². The standard InChI is InChI=1S/C18H29FN4O2.HI/c1-4-25-12-6-10-20-18(22-14-17(24)23(2)3)21-11-9-15-7-5-8-16(19)13-15;/h5,7-8,13H,4,6,9-12,14H2,1-3H3,(H2,20,21,22);1H. The van der Waals surface area contributed by atoms with Crippen molar-refractivity contribution in [3.63, 3.8) is 0 Å². The van der Waals surface area contributed by atoms with Gasteiger partial charge in [-0.3, -0.25) is 4.79 Å². The van der Waals surface area contributed by atoms with Crippen LogP contribution in [0.1, 0.15) is 18.9 Å². The lowest BCUT2D eigenvalue weighted by atomic mass is 10.1. The van der Waals surface area contributed by atoms with Crippen molar-refractivity contribution in [1.29, 1.82) is 0 Å². The fourth-order valence-electron chi connectivity index (χ4n) is 2.01. The van der Waals surface area contributed by atoms with Gasteiger partial charge in [0.05, 0.1) is 0 Å². The van der Waals surface area contributed by atoms with E-state index in [9.17, 15) is 9.18 Å². The van der Waals surface area contributed by atoms with E-state index in [4.69, 9.17) is 4.74 Å². The third-order valence-electron chi connectivity index (χ3n) is 3.43. The number of nitrogens with one attached hydrogen (secondary N) is 2. The fourth-order valence-corrected chi connectivity index (χ4v) is 2.01. The summed E-state index contributed by atoms with van der Waals surface area (Å²) in [5.74, 6) is 0.265. The first-order valence-corrected chi connectivity index (χ1v) is 8.57. The van der Waals surface area contributed by atoms with Gasteiger partial charge in [-0.25, -0.2) is 9.38 Å². The number of guanidine groups is 1. The Kier molecular flexibility index (Phi) is 13.9. The zero-order valence-electron chi connectivity index (χ0n) is 15.8. The van der Waals surface area contributed by atoms with Crippen LogP contribution >= 0.6 is 24.0 Å². The van der Waals surface area contributed by atoms with E-state index in [1.165, 1.54) is 17.0 Å². The Morgan fingerprint density at radius 3 is 2.65 bits per heavy atom. The van der Waals surface area contributed by atoms with Gasteiger partial charge in [-0.1, -0.05) is 12.1 Å². The largest absolute Gasteiger partial charge is 0.382 e. The molecule has 0 radical (unpaired) electrons. The van der Waals surface area contributed by atoms with Gasteiger partial charge in [0.2, 0.25) is 5.91 Å². The highest BCUT2D eigenvalue weighted by molar-refractivity contribution is 14.0. The smallest absolute Gasteiger partial charge is 0.243 e. The number of benzene rings is 1. The molecule has 1 aromatic carbocycles. The molecule has 0 aliphatic carbocycles. The molecule has 0 saturated heterocycles. The predicted octanol–water partition coefficient (Wildman–Crippen LogP) is 2.04. The van der Waals surface area contributed by atoms with Crippen LogP contribution in [0.5, 0.6) is 0 Å². The molecule has 0 atom stereocenters. The number of rotatable bonds is 10. The van der Waals surface area contributed by atoms with Crippen molar-refractivity contribution < 1.29 is 13.9 Å².